The fourth-order valence-corrected chi connectivity index (χ4v) is 6.40. The van der Waals surface area contributed by atoms with E-state index in [1.54, 1.807) is 35.4 Å². The van der Waals surface area contributed by atoms with Crippen molar-refractivity contribution in [2.75, 3.05) is 19.6 Å². The van der Waals surface area contributed by atoms with Crippen LogP contribution in [0.15, 0.2) is 81.1 Å². The summed E-state index contributed by atoms with van der Waals surface area (Å²) in [5.41, 5.74) is 2.96. The lowest BCUT2D eigenvalue weighted by atomic mass is 9.82. The highest BCUT2D eigenvalue weighted by Crippen LogP contribution is 2.41. The largest absolute Gasteiger partial charge is 0.463 e. The number of fused-ring (bicyclic) bond motifs is 1. The molecule has 2 aliphatic rings. The normalized spacial score (nSPS) is 17.7. The molecule has 0 spiro atoms. The number of hydrogen-bond acceptors (Lipinski definition) is 5. The van der Waals surface area contributed by atoms with Crippen LogP contribution >= 0.6 is 0 Å². The standard InChI is InChI=1S/C34H33F2N3O3/c1-21-16-22(2)32-30(17-21)31(40)25(20-42-32)19-38-14-12-24(13-15-38)18-39-23(3)37-34(33(39)41,26-4-8-28(35)9-5-26)27-6-10-29(36)11-7-27/h4-11,16-17,20,24H,12-15,18-19H2,1-3H3. The Morgan fingerprint density at radius 1 is 0.905 bits per heavy atom. The highest BCUT2D eigenvalue weighted by molar-refractivity contribution is 6.09. The summed E-state index contributed by atoms with van der Waals surface area (Å²) in [4.78, 5) is 36.2. The van der Waals surface area contributed by atoms with Gasteiger partial charge in [-0.25, -0.2) is 13.8 Å². The zero-order chi connectivity index (χ0) is 29.6. The Morgan fingerprint density at radius 3 is 2.10 bits per heavy atom. The third kappa shape index (κ3) is 4.94. The molecule has 3 heterocycles. The maximum absolute atomic E-state index is 14.1. The van der Waals surface area contributed by atoms with Gasteiger partial charge in [0.25, 0.3) is 5.91 Å². The number of amidine groups is 1. The van der Waals surface area contributed by atoms with Crippen LogP contribution in [0.2, 0.25) is 0 Å². The first-order valence-electron chi connectivity index (χ1n) is 14.3. The van der Waals surface area contributed by atoms with Gasteiger partial charge in [0.15, 0.2) is 11.0 Å². The smallest absolute Gasteiger partial charge is 0.265 e. The Bertz CT molecular complexity index is 1690. The van der Waals surface area contributed by atoms with Crippen LogP contribution in [0.3, 0.4) is 0 Å². The minimum atomic E-state index is -1.40. The number of piperidine rings is 1. The number of likely N-dealkylation sites (tertiary alicyclic amines) is 1. The van der Waals surface area contributed by atoms with Crippen molar-refractivity contribution in [3.05, 3.63) is 117 Å². The van der Waals surface area contributed by atoms with Gasteiger partial charge in [0.05, 0.1) is 11.6 Å². The Morgan fingerprint density at radius 2 is 1.50 bits per heavy atom. The monoisotopic (exact) mass is 569 g/mol. The molecule has 0 atom stereocenters. The van der Waals surface area contributed by atoms with Crippen molar-refractivity contribution in [3.63, 3.8) is 0 Å². The molecular formula is C34H33F2N3O3. The second-order valence-electron chi connectivity index (χ2n) is 11.6. The van der Waals surface area contributed by atoms with E-state index in [0.717, 1.165) is 37.1 Å². The molecule has 3 aromatic carbocycles. The molecule has 1 aromatic heterocycles. The van der Waals surface area contributed by atoms with E-state index in [2.05, 4.69) is 4.90 Å². The number of amides is 1. The molecule has 1 fully saturated rings. The number of carbonyl (C=O) groups is 1. The van der Waals surface area contributed by atoms with Crippen LogP contribution in [-0.2, 0) is 16.9 Å². The number of halogens is 2. The Hall–Kier alpha value is -4.17. The van der Waals surface area contributed by atoms with Gasteiger partial charge in [0.2, 0.25) is 0 Å². The minimum absolute atomic E-state index is 0.0117. The maximum atomic E-state index is 14.1. The Kier molecular flexibility index (Phi) is 7.27. The molecular weight excluding hydrogens is 536 g/mol. The van der Waals surface area contributed by atoms with Crippen LogP contribution in [0.1, 0.15) is 47.6 Å². The molecule has 0 N–H and O–H groups in total. The lowest BCUT2D eigenvalue weighted by Crippen LogP contribution is -2.45. The van der Waals surface area contributed by atoms with Gasteiger partial charge in [-0.2, -0.15) is 0 Å². The number of hydrogen-bond donors (Lipinski definition) is 0. The second-order valence-corrected chi connectivity index (χ2v) is 11.6. The fraction of sp³-hybridized carbons (Fsp3) is 0.324. The molecule has 1 amide bonds. The summed E-state index contributed by atoms with van der Waals surface area (Å²) in [6.45, 7) is 8.32. The van der Waals surface area contributed by atoms with Gasteiger partial charge < -0.3 is 4.42 Å². The molecule has 0 saturated carbocycles. The van der Waals surface area contributed by atoms with Gasteiger partial charge >= 0.3 is 0 Å². The summed E-state index contributed by atoms with van der Waals surface area (Å²) < 4.78 is 33.5. The van der Waals surface area contributed by atoms with Crippen LogP contribution in [0, 0.1) is 31.4 Å². The summed E-state index contributed by atoms with van der Waals surface area (Å²) in [5, 5.41) is 0.619. The van der Waals surface area contributed by atoms with Gasteiger partial charge in [-0.1, -0.05) is 30.3 Å². The van der Waals surface area contributed by atoms with Gasteiger partial charge in [-0.15, -0.1) is 0 Å². The molecule has 216 valence electrons. The highest BCUT2D eigenvalue weighted by Gasteiger charge is 2.50. The van der Waals surface area contributed by atoms with Gasteiger partial charge in [0.1, 0.15) is 23.1 Å². The predicted octanol–water partition coefficient (Wildman–Crippen LogP) is 6.10. The number of benzene rings is 3. The maximum Gasteiger partial charge on any atom is 0.265 e. The number of aliphatic imine (C=N–C) groups is 1. The molecule has 0 radical (unpaired) electrons. The van der Waals surface area contributed by atoms with Crippen LogP contribution in [0.5, 0.6) is 0 Å². The summed E-state index contributed by atoms with van der Waals surface area (Å²) in [5.74, 6) is -0.217. The van der Waals surface area contributed by atoms with E-state index in [4.69, 9.17) is 9.41 Å². The van der Waals surface area contributed by atoms with Gasteiger partial charge in [-0.05, 0) is 105 Å². The molecule has 6 rings (SSSR count). The quantitative estimate of drug-likeness (QED) is 0.281. The average molecular weight is 570 g/mol. The molecule has 0 unspecified atom stereocenters. The molecule has 2 aliphatic heterocycles. The number of nitrogens with zero attached hydrogens (tertiary/aromatic N) is 3. The van der Waals surface area contributed by atoms with E-state index >= 15 is 0 Å². The zero-order valence-corrected chi connectivity index (χ0v) is 24.0. The Labute approximate surface area is 243 Å². The molecule has 42 heavy (non-hydrogen) atoms. The number of carbonyl (C=O) groups excluding carboxylic acids is 1. The van der Waals surface area contributed by atoms with E-state index < -0.39 is 17.2 Å². The zero-order valence-electron chi connectivity index (χ0n) is 24.0. The molecule has 0 bridgehead atoms. The lowest BCUT2D eigenvalue weighted by Gasteiger charge is -2.34. The summed E-state index contributed by atoms with van der Waals surface area (Å²) in [6.07, 6.45) is 3.30. The van der Waals surface area contributed by atoms with E-state index in [9.17, 15) is 18.4 Å². The first kappa shape index (κ1) is 28.0. The minimum Gasteiger partial charge on any atom is -0.463 e. The molecule has 0 aliphatic carbocycles. The van der Waals surface area contributed by atoms with Crippen molar-refractivity contribution < 1.29 is 18.0 Å². The van der Waals surface area contributed by atoms with E-state index in [0.29, 0.717) is 46.6 Å². The van der Waals surface area contributed by atoms with E-state index in [-0.39, 0.29) is 17.3 Å². The van der Waals surface area contributed by atoms with Crippen molar-refractivity contribution in [1.82, 2.24) is 9.80 Å². The average Bonchev–Trinajstić information content (AvgIpc) is 3.22. The van der Waals surface area contributed by atoms with Crippen molar-refractivity contribution >= 4 is 22.7 Å². The molecule has 1 saturated heterocycles. The van der Waals surface area contributed by atoms with E-state index in [1.165, 1.54) is 24.3 Å². The SMILES string of the molecule is CC1=NC(c2ccc(F)cc2)(c2ccc(F)cc2)C(=O)N1CC1CCN(Cc2coc3c(C)cc(C)cc3c2=O)CC1. The van der Waals surface area contributed by atoms with E-state index in [1.807, 2.05) is 32.9 Å². The molecule has 4 aromatic rings. The lowest BCUT2D eigenvalue weighted by molar-refractivity contribution is -0.130. The number of aryl methyl sites for hydroxylation is 2. The summed E-state index contributed by atoms with van der Waals surface area (Å²) in [6, 6.07) is 15.4. The van der Waals surface area contributed by atoms with Crippen LogP contribution in [-0.4, -0.2) is 41.2 Å². The topological polar surface area (TPSA) is 66.1 Å². The van der Waals surface area contributed by atoms with Crippen molar-refractivity contribution in [1.29, 1.82) is 0 Å². The third-order valence-electron chi connectivity index (χ3n) is 8.61. The predicted molar refractivity (Wildman–Crippen MR) is 158 cm³/mol. The first-order valence-corrected chi connectivity index (χ1v) is 14.3. The first-order chi connectivity index (χ1) is 20.2. The van der Waals surface area contributed by atoms with Crippen molar-refractivity contribution in [3.8, 4) is 0 Å². The van der Waals surface area contributed by atoms with Gasteiger partial charge in [-0.3, -0.25) is 19.4 Å². The second kappa shape index (κ2) is 10.9. The number of rotatable bonds is 6. The third-order valence-corrected chi connectivity index (χ3v) is 8.61. The van der Waals surface area contributed by atoms with Crippen LogP contribution in [0.4, 0.5) is 8.78 Å². The fourth-order valence-electron chi connectivity index (χ4n) is 6.40. The van der Waals surface area contributed by atoms with Crippen LogP contribution < -0.4 is 5.43 Å². The van der Waals surface area contributed by atoms with Gasteiger partial charge in [0, 0.05) is 18.7 Å². The van der Waals surface area contributed by atoms with Crippen molar-refractivity contribution in [2.45, 2.75) is 45.7 Å². The Balaban J connectivity index is 1.17. The van der Waals surface area contributed by atoms with Crippen molar-refractivity contribution in [2.24, 2.45) is 10.9 Å². The highest BCUT2D eigenvalue weighted by atomic mass is 19.1. The summed E-state index contributed by atoms with van der Waals surface area (Å²) >= 11 is 0. The van der Waals surface area contributed by atoms with Crippen LogP contribution in [0.25, 0.3) is 11.0 Å². The molecule has 8 heteroatoms. The summed E-state index contributed by atoms with van der Waals surface area (Å²) in [7, 11) is 0. The molecule has 6 nitrogen and oxygen atoms in total.